The van der Waals surface area contributed by atoms with Gasteiger partial charge in [-0.15, -0.1) is 0 Å². The standard InChI is InChI=1S/C21H26N2O3S2/c1-3-16-9-6-7-12-22(16)19(24)11-13-23-20(25)18(28-21(23)27)14-15-8-4-5-10-17(15)26-2/h4-5,8,10,14,16H,3,6-7,9,11-13H2,1-2H3/b18-14-/t16-/m0/s1. The maximum Gasteiger partial charge on any atom is 0.266 e. The van der Waals surface area contributed by atoms with Crippen molar-refractivity contribution in [3.63, 3.8) is 0 Å². The van der Waals surface area contributed by atoms with Gasteiger partial charge in [-0.1, -0.05) is 49.1 Å². The summed E-state index contributed by atoms with van der Waals surface area (Å²) >= 11 is 6.67. The van der Waals surface area contributed by atoms with Crippen molar-refractivity contribution in [3.05, 3.63) is 34.7 Å². The summed E-state index contributed by atoms with van der Waals surface area (Å²) in [6, 6.07) is 7.87. The first kappa shape index (κ1) is 20.9. The molecular formula is C21H26N2O3S2. The van der Waals surface area contributed by atoms with E-state index in [0.717, 1.165) is 31.4 Å². The predicted octanol–water partition coefficient (Wildman–Crippen LogP) is 4.08. The minimum absolute atomic E-state index is 0.120. The van der Waals surface area contributed by atoms with Gasteiger partial charge >= 0.3 is 0 Å². The number of methoxy groups -OCH3 is 1. The number of para-hydroxylation sites is 1. The van der Waals surface area contributed by atoms with Gasteiger partial charge in [0.2, 0.25) is 5.91 Å². The number of thioether (sulfide) groups is 1. The topological polar surface area (TPSA) is 49.9 Å². The van der Waals surface area contributed by atoms with Crippen molar-refractivity contribution < 1.29 is 14.3 Å². The Kier molecular flexibility index (Phi) is 7.13. The predicted molar refractivity (Wildman–Crippen MR) is 117 cm³/mol. The number of hydrogen-bond donors (Lipinski definition) is 0. The first-order valence-electron chi connectivity index (χ1n) is 9.73. The zero-order chi connectivity index (χ0) is 20.1. The smallest absolute Gasteiger partial charge is 0.266 e. The van der Waals surface area contributed by atoms with E-state index in [1.54, 1.807) is 18.1 Å². The number of hydrogen-bond acceptors (Lipinski definition) is 5. The molecule has 2 saturated heterocycles. The Morgan fingerprint density at radius 2 is 2.14 bits per heavy atom. The van der Waals surface area contributed by atoms with Gasteiger partial charge in [0.1, 0.15) is 10.1 Å². The number of amides is 2. The Bertz CT molecular complexity index is 794. The summed E-state index contributed by atoms with van der Waals surface area (Å²) in [5, 5.41) is 0. The number of carbonyl (C=O) groups excluding carboxylic acids is 2. The van der Waals surface area contributed by atoms with E-state index in [-0.39, 0.29) is 11.8 Å². The first-order valence-corrected chi connectivity index (χ1v) is 11.0. The molecule has 7 heteroatoms. The van der Waals surface area contributed by atoms with Crippen LogP contribution in [-0.4, -0.2) is 52.2 Å². The molecule has 1 aromatic rings. The van der Waals surface area contributed by atoms with E-state index in [1.165, 1.54) is 18.2 Å². The summed E-state index contributed by atoms with van der Waals surface area (Å²) in [5.41, 5.74) is 0.834. The van der Waals surface area contributed by atoms with Crippen LogP contribution in [0.15, 0.2) is 29.2 Å². The lowest BCUT2D eigenvalue weighted by Gasteiger charge is -2.35. The van der Waals surface area contributed by atoms with Gasteiger partial charge in [-0.2, -0.15) is 0 Å². The van der Waals surface area contributed by atoms with Crippen LogP contribution in [0, 0.1) is 0 Å². The molecule has 0 spiro atoms. The van der Waals surface area contributed by atoms with Gasteiger partial charge in [-0.3, -0.25) is 14.5 Å². The normalized spacial score (nSPS) is 21.5. The Labute approximate surface area is 176 Å². The number of rotatable bonds is 6. The van der Waals surface area contributed by atoms with Gasteiger partial charge < -0.3 is 9.64 Å². The molecule has 3 rings (SSSR count). The van der Waals surface area contributed by atoms with Crippen LogP contribution in [0.4, 0.5) is 0 Å². The Balaban J connectivity index is 1.65. The zero-order valence-corrected chi connectivity index (χ0v) is 18.0. The number of nitrogens with zero attached hydrogens (tertiary/aromatic N) is 2. The largest absolute Gasteiger partial charge is 0.496 e. The summed E-state index contributed by atoms with van der Waals surface area (Å²) < 4.78 is 5.85. The average molecular weight is 419 g/mol. The lowest BCUT2D eigenvalue weighted by atomic mass is 9.99. The zero-order valence-electron chi connectivity index (χ0n) is 16.3. The van der Waals surface area contributed by atoms with Crippen molar-refractivity contribution >= 4 is 46.2 Å². The number of benzene rings is 1. The summed E-state index contributed by atoms with van der Waals surface area (Å²) in [7, 11) is 1.60. The molecule has 0 aliphatic carbocycles. The maximum atomic E-state index is 12.8. The van der Waals surface area contributed by atoms with Gasteiger partial charge in [-0.05, 0) is 37.8 Å². The fourth-order valence-electron chi connectivity index (χ4n) is 3.72. The molecule has 28 heavy (non-hydrogen) atoms. The molecule has 150 valence electrons. The number of ether oxygens (including phenoxy) is 1. The highest BCUT2D eigenvalue weighted by Crippen LogP contribution is 2.34. The quantitative estimate of drug-likeness (QED) is 0.515. The monoisotopic (exact) mass is 418 g/mol. The van der Waals surface area contributed by atoms with E-state index in [9.17, 15) is 9.59 Å². The first-order chi connectivity index (χ1) is 13.5. The Hall–Kier alpha value is -1.86. The van der Waals surface area contributed by atoms with E-state index in [1.807, 2.05) is 29.2 Å². The molecular weight excluding hydrogens is 392 g/mol. The molecule has 2 amide bonds. The van der Waals surface area contributed by atoms with Gasteiger partial charge in [0.05, 0.1) is 12.0 Å². The van der Waals surface area contributed by atoms with Crippen molar-refractivity contribution in [1.29, 1.82) is 0 Å². The van der Waals surface area contributed by atoms with Crippen LogP contribution >= 0.6 is 24.0 Å². The molecule has 0 aromatic heterocycles. The van der Waals surface area contributed by atoms with Gasteiger partial charge in [0.25, 0.3) is 5.91 Å². The molecule has 5 nitrogen and oxygen atoms in total. The molecule has 0 N–H and O–H groups in total. The van der Waals surface area contributed by atoms with Gasteiger partial charge in [-0.25, -0.2) is 0 Å². The van der Waals surface area contributed by atoms with E-state index < -0.39 is 0 Å². The van der Waals surface area contributed by atoms with E-state index >= 15 is 0 Å². The third-order valence-electron chi connectivity index (χ3n) is 5.27. The maximum absolute atomic E-state index is 12.8. The van der Waals surface area contributed by atoms with E-state index in [2.05, 4.69) is 6.92 Å². The molecule has 0 saturated carbocycles. The average Bonchev–Trinajstić information content (AvgIpc) is 2.99. The summed E-state index contributed by atoms with van der Waals surface area (Å²) in [6.07, 6.45) is 6.41. The minimum Gasteiger partial charge on any atom is -0.496 e. The van der Waals surface area contributed by atoms with Crippen LogP contribution in [0.5, 0.6) is 5.75 Å². The van der Waals surface area contributed by atoms with Crippen molar-refractivity contribution in [2.24, 2.45) is 0 Å². The lowest BCUT2D eigenvalue weighted by Crippen LogP contribution is -2.44. The molecule has 2 heterocycles. The van der Waals surface area contributed by atoms with Crippen LogP contribution in [-0.2, 0) is 9.59 Å². The van der Waals surface area contributed by atoms with Crippen molar-refractivity contribution in [3.8, 4) is 5.75 Å². The molecule has 2 aliphatic heterocycles. The molecule has 0 radical (unpaired) electrons. The highest BCUT2D eigenvalue weighted by molar-refractivity contribution is 8.26. The van der Waals surface area contributed by atoms with Crippen LogP contribution < -0.4 is 4.74 Å². The van der Waals surface area contributed by atoms with Crippen LogP contribution in [0.2, 0.25) is 0 Å². The lowest BCUT2D eigenvalue weighted by molar-refractivity contribution is -0.135. The fraction of sp³-hybridized carbons (Fsp3) is 0.476. The van der Waals surface area contributed by atoms with Gasteiger partial charge in [0, 0.05) is 31.1 Å². The summed E-state index contributed by atoms with van der Waals surface area (Å²) in [5.74, 6) is 0.687. The number of likely N-dealkylation sites (tertiary alicyclic amines) is 1. The third kappa shape index (κ3) is 4.58. The Morgan fingerprint density at radius 1 is 1.36 bits per heavy atom. The molecule has 1 atom stereocenters. The second kappa shape index (κ2) is 9.56. The molecule has 0 bridgehead atoms. The summed E-state index contributed by atoms with van der Waals surface area (Å²) in [4.78, 5) is 29.6. The molecule has 0 unspecified atom stereocenters. The van der Waals surface area contributed by atoms with E-state index in [0.29, 0.717) is 34.0 Å². The fourth-order valence-corrected chi connectivity index (χ4v) is 5.02. The number of carbonyl (C=O) groups is 2. The Morgan fingerprint density at radius 3 is 2.89 bits per heavy atom. The number of thiocarbonyl (C=S) groups is 1. The summed E-state index contributed by atoms with van der Waals surface area (Å²) in [6.45, 7) is 3.28. The third-order valence-corrected chi connectivity index (χ3v) is 6.64. The second-order valence-electron chi connectivity index (χ2n) is 6.97. The number of piperidine rings is 1. The molecule has 2 aliphatic rings. The SMILES string of the molecule is CC[C@H]1CCCCN1C(=O)CCN1C(=O)/C(=C/c2ccccc2OC)SC1=S. The molecule has 1 aromatic carbocycles. The van der Waals surface area contributed by atoms with E-state index in [4.69, 9.17) is 17.0 Å². The van der Waals surface area contributed by atoms with Crippen molar-refractivity contribution in [2.45, 2.75) is 45.1 Å². The highest BCUT2D eigenvalue weighted by Gasteiger charge is 2.33. The van der Waals surface area contributed by atoms with Gasteiger partial charge in [0.15, 0.2) is 0 Å². The highest BCUT2D eigenvalue weighted by atomic mass is 32.2. The second-order valence-corrected chi connectivity index (χ2v) is 8.65. The van der Waals surface area contributed by atoms with Crippen molar-refractivity contribution in [1.82, 2.24) is 9.80 Å². The molecule has 2 fully saturated rings. The van der Waals surface area contributed by atoms with Crippen LogP contribution in [0.1, 0.15) is 44.6 Å². The van der Waals surface area contributed by atoms with Crippen LogP contribution in [0.3, 0.4) is 0 Å². The van der Waals surface area contributed by atoms with Crippen LogP contribution in [0.25, 0.3) is 6.08 Å². The minimum atomic E-state index is -0.139. The van der Waals surface area contributed by atoms with Crippen molar-refractivity contribution in [2.75, 3.05) is 20.2 Å².